The van der Waals surface area contributed by atoms with E-state index in [2.05, 4.69) is 216 Å². The van der Waals surface area contributed by atoms with Crippen LogP contribution in [0.3, 0.4) is 0 Å². The first-order chi connectivity index (χ1) is 41.9. The van der Waals surface area contributed by atoms with Gasteiger partial charge in [0.2, 0.25) is 0 Å². The van der Waals surface area contributed by atoms with E-state index in [1.807, 2.05) is 48.5 Å². The van der Waals surface area contributed by atoms with Crippen molar-refractivity contribution >= 4 is 11.6 Å². The second-order valence-electron chi connectivity index (χ2n) is 23.9. The number of hydrogen-bond donors (Lipinski definition) is 0. The molecule has 0 saturated carbocycles. The Bertz CT molecular complexity index is 3330. The molecule has 0 bridgehead atoms. The fourth-order valence-corrected chi connectivity index (χ4v) is 12.7. The quantitative estimate of drug-likeness (QED) is 0.101. The average molecular weight is 1170 g/mol. The predicted molar refractivity (Wildman–Crippen MR) is 353 cm³/mol. The Kier molecular flexibility index (Phi) is 22.0. The molecule has 0 radical (unpaired) electrons. The SMILES string of the molecule is Cc1ccc(CN2CCN(C(c3ccccc3)c3ccc(Cl)cc3)CC2)cc1C.Cc1ccc(CN2CCN(C(c3ccccc3)c3ccc(F)cc3)CC2)cc1C.Cc1cccc(CN2CCN(C(c3ccccc3)c3ccc(F)cc3)CC2)c1. The third-order valence-electron chi connectivity index (χ3n) is 17.7. The maximum atomic E-state index is 13.5. The van der Waals surface area contributed by atoms with E-state index in [0.717, 1.165) is 114 Å². The first-order valence-electron chi connectivity index (χ1n) is 30.9. The summed E-state index contributed by atoms with van der Waals surface area (Å²) in [5.74, 6) is -0.364. The lowest BCUT2D eigenvalue weighted by Gasteiger charge is -2.40. The Morgan fingerprint density at radius 1 is 0.302 bits per heavy atom. The molecule has 3 heterocycles. The fourth-order valence-electron chi connectivity index (χ4n) is 12.6. The number of aryl methyl sites for hydroxylation is 5. The predicted octanol–water partition coefficient (Wildman–Crippen LogP) is 16.3. The van der Waals surface area contributed by atoms with Crippen LogP contribution < -0.4 is 0 Å². The van der Waals surface area contributed by atoms with E-state index in [4.69, 9.17) is 11.6 Å². The highest BCUT2D eigenvalue weighted by Gasteiger charge is 2.30. The molecule has 9 aromatic carbocycles. The molecule has 0 spiro atoms. The van der Waals surface area contributed by atoms with Crippen LogP contribution in [0.4, 0.5) is 8.78 Å². The van der Waals surface area contributed by atoms with Crippen LogP contribution in [-0.2, 0) is 19.6 Å². The summed E-state index contributed by atoms with van der Waals surface area (Å²) in [6.07, 6.45) is 0. The highest BCUT2D eigenvalue weighted by atomic mass is 35.5. The molecule has 3 aliphatic heterocycles. The lowest BCUT2D eigenvalue weighted by atomic mass is 9.96. The van der Waals surface area contributed by atoms with Crippen LogP contribution in [-0.4, -0.2) is 108 Å². The van der Waals surface area contributed by atoms with Gasteiger partial charge in [0.15, 0.2) is 0 Å². The van der Waals surface area contributed by atoms with E-state index in [1.54, 1.807) is 24.3 Å². The van der Waals surface area contributed by atoms with Gasteiger partial charge in [0.1, 0.15) is 11.6 Å². The molecule has 0 N–H and O–H groups in total. The topological polar surface area (TPSA) is 19.4 Å². The van der Waals surface area contributed by atoms with Crippen LogP contribution in [0.15, 0.2) is 224 Å². The molecular formula is C77H85ClF2N6. The van der Waals surface area contributed by atoms with Crippen molar-refractivity contribution < 1.29 is 8.78 Å². The van der Waals surface area contributed by atoms with Crippen LogP contribution in [0.25, 0.3) is 0 Å². The van der Waals surface area contributed by atoms with Crippen molar-refractivity contribution in [2.75, 3.05) is 78.5 Å². The molecule has 6 nitrogen and oxygen atoms in total. The van der Waals surface area contributed by atoms with E-state index < -0.39 is 0 Å². The summed E-state index contributed by atoms with van der Waals surface area (Å²) in [5, 5.41) is 0.791. The summed E-state index contributed by atoms with van der Waals surface area (Å²) in [6.45, 7) is 26.4. The minimum atomic E-state index is -0.182. The van der Waals surface area contributed by atoms with Crippen molar-refractivity contribution in [1.29, 1.82) is 0 Å². The van der Waals surface area contributed by atoms with E-state index in [0.29, 0.717) is 0 Å². The Morgan fingerprint density at radius 3 is 0.919 bits per heavy atom. The molecule has 0 aliphatic carbocycles. The monoisotopic (exact) mass is 1170 g/mol. The normalized spacial score (nSPS) is 16.7. The van der Waals surface area contributed by atoms with E-state index in [-0.39, 0.29) is 29.8 Å². The molecule has 3 fully saturated rings. The maximum Gasteiger partial charge on any atom is 0.123 e. The summed E-state index contributed by atoms with van der Waals surface area (Å²) in [4.78, 5) is 15.3. The Balaban J connectivity index is 0.000000143. The molecule has 444 valence electrons. The van der Waals surface area contributed by atoms with E-state index >= 15 is 0 Å². The zero-order valence-electron chi connectivity index (χ0n) is 51.0. The van der Waals surface area contributed by atoms with Gasteiger partial charge in [-0.05, 0) is 143 Å². The van der Waals surface area contributed by atoms with Crippen molar-refractivity contribution in [3.8, 4) is 0 Å². The molecule has 12 rings (SSSR count). The van der Waals surface area contributed by atoms with Gasteiger partial charge >= 0.3 is 0 Å². The van der Waals surface area contributed by atoms with Gasteiger partial charge in [-0.1, -0.05) is 205 Å². The molecule has 3 aliphatic rings. The van der Waals surface area contributed by atoms with Gasteiger partial charge in [-0.15, -0.1) is 0 Å². The zero-order valence-corrected chi connectivity index (χ0v) is 51.8. The number of piperazine rings is 3. The number of nitrogens with zero attached hydrogens (tertiary/aromatic N) is 6. The van der Waals surface area contributed by atoms with Gasteiger partial charge in [-0.2, -0.15) is 0 Å². The summed E-state index contributed by atoms with van der Waals surface area (Å²) in [6, 6.07) is 77.3. The molecule has 9 aromatic rings. The number of benzene rings is 9. The summed E-state index contributed by atoms with van der Waals surface area (Å²) < 4.78 is 26.9. The van der Waals surface area contributed by atoms with Gasteiger partial charge in [0, 0.05) is 103 Å². The van der Waals surface area contributed by atoms with Gasteiger partial charge < -0.3 is 0 Å². The smallest absolute Gasteiger partial charge is 0.123 e. The Hall–Kier alpha value is -7.11. The summed E-state index contributed by atoms with van der Waals surface area (Å²) in [5.41, 5.74) is 18.5. The number of halogens is 3. The standard InChI is InChI=1S/C26H29ClN2.C26H29FN2.C25H27FN2/c2*1-20-8-9-22(18-21(20)2)19-28-14-16-29(17-15-28)26(23-6-4-3-5-7-23)24-10-12-25(27)13-11-24;1-20-6-5-7-21(18-20)19-27-14-16-28(17-15-27)25(22-8-3-2-4-9-22)23-10-12-24(26)13-11-23/h2*3-13,18,26H,14-17,19H2,1-2H3;2-13,18,25H,14-17,19H2,1H3. The van der Waals surface area contributed by atoms with Crippen molar-refractivity contribution in [3.63, 3.8) is 0 Å². The number of rotatable bonds is 15. The molecule has 3 saturated heterocycles. The van der Waals surface area contributed by atoms with Crippen molar-refractivity contribution in [2.24, 2.45) is 0 Å². The second kappa shape index (κ2) is 30.5. The van der Waals surface area contributed by atoms with Gasteiger partial charge in [-0.3, -0.25) is 29.4 Å². The van der Waals surface area contributed by atoms with E-state index in [9.17, 15) is 8.78 Å². The Morgan fingerprint density at radius 2 is 0.605 bits per heavy atom. The van der Waals surface area contributed by atoms with Crippen molar-refractivity contribution in [2.45, 2.75) is 72.4 Å². The summed E-state index contributed by atoms with van der Waals surface area (Å²) >= 11 is 6.14. The molecule has 3 atom stereocenters. The maximum absolute atomic E-state index is 13.5. The van der Waals surface area contributed by atoms with Crippen molar-refractivity contribution in [1.82, 2.24) is 29.4 Å². The minimum absolute atomic E-state index is 0.167. The van der Waals surface area contributed by atoms with Gasteiger partial charge in [0.25, 0.3) is 0 Å². The third kappa shape index (κ3) is 17.1. The highest BCUT2D eigenvalue weighted by Crippen LogP contribution is 2.34. The first kappa shape index (κ1) is 62.0. The average Bonchev–Trinajstić information content (AvgIpc) is 3.50. The lowest BCUT2D eigenvalue weighted by Crippen LogP contribution is -2.47. The number of hydrogen-bond acceptors (Lipinski definition) is 6. The van der Waals surface area contributed by atoms with Crippen LogP contribution in [0, 0.1) is 46.3 Å². The molecule has 0 amide bonds. The molecule has 3 unspecified atom stereocenters. The minimum Gasteiger partial charge on any atom is -0.297 e. The highest BCUT2D eigenvalue weighted by molar-refractivity contribution is 6.30. The second-order valence-corrected chi connectivity index (χ2v) is 24.3. The summed E-state index contributed by atoms with van der Waals surface area (Å²) in [7, 11) is 0. The van der Waals surface area contributed by atoms with E-state index in [1.165, 1.54) is 66.8 Å². The molecule has 9 heteroatoms. The molecule has 86 heavy (non-hydrogen) atoms. The third-order valence-corrected chi connectivity index (χ3v) is 17.9. The Labute approximate surface area is 516 Å². The fraction of sp³-hybridized carbons (Fsp3) is 0.299. The first-order valence-corrected chi connectivity index (χ1v) is 31.2. The largest absolute Gasteiger partial charge is 0.297 e. The van der Waals surface area contributed by atoms with Crippen LogP contribution in [0.1, 0.15) is 96.0 Å². The lowest BCUT2D eigenvalue weighted by molar-refractivity contribution is 0.105. The van der Waals surface area contributed by atoms with Crippen LogP contribution in [0.2, 0.25) is 5.02 Å². The van der Waals surface area contributed by atoms with Crippen LogP contribution >= 0.6 is 11.6 Å². The molecule has 0 aromatic heterocycles. The van der Waals surface area contributed by atoms with Gasteiger partial charge in [0.05, 0.1) is 18.1 Å². The van der Waals surface area contributed by atoms with Gasteiger partial charge in [-0.25, -0.2) is 8.78 Å². The zero-order chi connectivity index (χ0) is 59.8. The van der Waals surface area contributed by atoms with Crippen molar-refractivity contribution in [3.05, 3.63) is 319 Å². The molecular weight excluding hydrogens is 1080 g/mol. The van der Waals surface area contributed by atoms with Crippen LogP contribution in [0.5, 0.6) is 0 Å².